The van der Waals surface area contributed by atoms with Gasteiger partial charge in [-0.15, -0.1) is 0 Å². The largest absolute Gasteiger partial charge is 0.496 e. The first kappa shape index (κ1) is 13.6. The van der Waals surface area contributed by atoms with Crippen molar-refractivity contribution < 1.29 is 4.74 Å². The third kappa shape index (κ3) is 2.25. The highest BCUT2D eigenvalue weighted by molar-refractivity contribution is 9.10. The number of methoxy groups -OCH3 is 1. The van der Waals surface area contributed by atoms with Crippen LogP contribution in [0, 0.1) is 6.92 Å². The maximum absolute atomic E-state index is 6.07. The van der Waals surface area contributed by atoms with Crippen molar-refractivity contribution in [2.75, 3.05) is 7.11 Å². The van der Waals surface area contributed by atoms with Crippen molar-refractivity contribution in [3.05, 3.63) is 34.2 Å². The van der Waals surface area contributed by atoms with Crippen LogP contribution in [0.2, 0.25) is 0 Å². The van der Waals surface area contributed by atoms with Gasteiger partial charge < -0.3 is 15.0 Å². The number of fused-ring (bicyclic) bond motifs is 1. The molecule has 0 aliphatic carbocycles. The quantitative estimate of drug-likeness (QED) is 0.917. The van der Waals surface area contributed by atoms with Crippen molar-refractivity contribution in [2.45, 2.75) is 32.4 Å². The van der Waals surface area contributed by atoms with E-state index in [1.807, 2.05) is 19.1 Å². The van der Waals surface area contributed by atoms with Crippen molar-refractivity contribution in [1.29, 1.82) is 0 Å². The van der Waals surface area contributed by atoms with Gasteiger partial charge in [-0.25, -0.2) is 4.98 Å². The Morgan fingerprint density at radius 1 is 1.45 bits per heavy atom. The van der Waals surface area contributed by atoms with Gasteiger partial charge in [-0.05, 0) is 38.0 Å². The number of aromatic nitrogens is 2. The Balaban J connectivity index is 2.16. The van der Waals surface area contributed by atoms with E-state index in [9.17, 15) is 0 Å². The molecule has 106 valence electrons. The first-order valence-corrected chi connectivity index (χ1v) is 7.55. The average Bonchev–Trinajstić information content (AvgIpc) is 2.75. The van der Waals surface area contributed by atoms with E-state index in [4.69, 9.17) is 15.5 Å². The molecule has 2 aromatic rings. The van der Waals surface area contributed by atoms with Crippen LogP contribution in [0.1, 0.15) is 17.9 Å². The maximum Gasteiger partial charge on any atom is 0.128 e. The predicted molar refractivity (Wildman–Crippen MR) is 82.9 cm³/mol. The van der Waals surface area contributed by atoms with E-state index in [2.05, 4.69) is 26.6 Å². The Hall–Kier alpha value is -1.33. The zero-order chi connectivity index (χ0) is 14.3. The first-order valence-electron chi connectivity index (χ1n) is 6.75. The van der Waals surface area contributed by atoms with Crippen LogP contribution in [-0.2, 0) is 13.0 Å². The Bertz CT molecular complexity index is 651. The predicted octanol–water partition coefficient (Wildman–Crippen LogP) is 2.90. The molecule has 3 rings (SSSR count). The molecular weight excluding hydrogens is 318 g/mol. The highest BCUT2D eigenvalue weighted by Crippen LogP contribution is 2.36. The normalized spacial score (nSPS) is 17.9. The third-order valence-electron chi connectivity index (χ3n) is 3.85. The molecule has 1 aliphatic rings. The van der Waals surface area contributed by atoms with Crippen molar-refractivity contribution in [2.24, 2.45) is 5.73 Å². The number of halogens is 1. The van der Waals surface area contributed by atoms with Gasteiger partial charge in [-0.2, -0.15) is 0 Å². The molecule has 5 heteroatoms. The van der Waals surface area contributed by atoms with Crippen LogP contribution in [-0.4, -0.2) is 22.7 Å². The van der Waals surface area contributed by atoms with E-state index in [0.29, 0.717) is 0 Å². The molecule has 1 aromatic heterocycles. The van der Waals surface area contributed by atoms with Crippen LogP contribution >= 0.6 is 15.9 Å². The summed E-state index contributed by atoms with van der Waals surface area (Å²) >= 11 is 3.53. The van der Waals surface area contributed by atoms with Crippen LogP contribution in [0.5, 0.6) is 5.75 Å². The van der Waals surface area contributed by atoms with Gasteiger partial charge in [-0.1, -0.05) is 15.9 Å². The highest BCUT2D eigenvalue weighted by Gasteiger charge is 2.24. The summed E-state index contributed by atoms with van der Waals surface area (Å²) in [4.78, 5) is 4.75. The summed E-state index contributed by atoms with van der Waals surface area (Å²) in [6.07, 6.45) is 1.97. The topological polar surface area (TPSA) is 53.1 Å². The lowest BCUT2D eigenvalue weighted by Crippen LogP contribution is -2.32. The Kier molecular flexibility index (Phi) is 3.56. The zero-order valence-electron chi connectivity index (χ0n) is 11.7. The molecule has 1 aromatic carbocycles. The standard InChI is InChI=1S/C15H18BrN3O/c1-9-18-15(13-5-4-11(17)8-19(9)13)12-7-10(16)3-6-14(12)20-2/h3,6-7,11H,4-5,8,17H2,1-2H3. The lowest BCUT2D eigenvalue weighted by Gasteiger charge is -2.22. The monoisotopic (exact) mass is 335 g/mol. The molecule has 1 atom stereocenters. The van der Waals surface area contributed by atoms with Gasteiger partial charge in [0.05, 0.1) is 12.8 Å². The summed E-state index contributed by atoms with van der Waals surface area (Å²) in [6, 6.07) is 6.24. The molecule has 4 nitrogen and oxygen atoms in total. The number of ether oxygens (including phenoxy) is 1. The minimum Gasteiger partial charge on any atom is -0.496 e. The number of hydrogen-bond acceptors (Lipinski definition) is 3. The summed E-state index contributed by atoms with van der Waals surface area (Å²) in [6.45, 7) is 2.89. The van der Waals surface area contributed by atoms with Gasteiger partial charge in [0.15, 0.2) is 0 Å². The number of hydrogen-bond donors (Lipinski definition) is 1. The van der Waals surface area contributed by atoms with Crippen LogP contribution < -0.4 is 10.5 Å². The second-order valence-corrected chi connectivity index (χ2v) is 6.12. The molecule has 2 heterocycles. The van der Waals surface area contributed by atoms with Gasteiger partial charge in [0.2, 0.25) is 0 Å². The Labute approximate surface area is 127 Å². The minimum atomic E-state index is 0.229. The lowest BCUT2D eigenvalue weighted by atomic mass is 10.0. The van der Waals surface area contributed by atoms with Crippen LogP contribution in [0.4, 0.5) is 0 Å². The zero-order valence-corrected chi connectivity index (χ0v) is 13.3. The summed E-state index contributed by atoms with van der Waals surface area (Å²) in [5, 5.41) is 0. The first-order chi connectivity index (χ1) is 9.60. The van der Waals surface area contributed by atoms with E-state index >= 15 is 0 Å². The van der Waals surface area contributed by atoms with E-state index in [1.54, 1.807) is 7.11 Å². The molecule has 1 unspecified atom stereocenters. The Morgan fingerprint density at radius 3 is 3.00 bits per heavy atom. The summed E-state index contributed by atoms with van der Waals surface area (Å²) in [5.41, 5.74) is 9.39. The number of rotatable bonds is 2. The van der Waals surface area contributed by atoms with Crippen molar-refractivity contribution in [3.63, 3.8) is 0 Å². The maximum atomic E-state index is 6.07. The van der Waals surface area contributed by atoms with E-state index in [-0.39, 0.29) is 6.04 Å². The van der Waals surface area contributed by atoms with Crippen LogP contribution in [0.25, 0.3) is 11.3 Å². The summed E-state index contributed by atoms with van der Waals surface area (Å²) in [5.74, 6) is 1.87. The fourth-order valence-corrected chi connectivity index (χ4v) is 3.20. The van der Waals surface area contributed by atoms with Gasteiger partial charge >= 0.3 is 0 Å². The average molecular weight is 336 g/mol. The molecule has 0 saturated carbocycles. The van der Waals surface area contributed by atoms with E-state index in [1.165, 1.54) is 5.69 Å². The smallest absolute Gasteiger partial charge is 0.128 e. The van der Waals surface area contributed by atoms with Crippen molar-refractivity contribution >= 4 is 15.9 Å². The molecule has 0 saturated heterocycles. The number of nitrogens with zero attached hydrogens (tertiary/aromatic N) is 2. The molecule has 0 radical (unpaired) electrons. The molecule has 0 bridgehead atoms. The molecular formula is C15H18BrN3O. The van der Waals surface area contributed by atoms with Gasteiger partial charge in [0, 0.05) is 28.3 Å². The summed E-state index contributed by atoms with van der Waals surface area (Å²) in [7, 11) is 1.69. The number of nitrogens with two attached hydrogens (primary N) is 1. The van der Waals surface area contributed by atoms with Gasteiger partial charge in [0.25, 0.3) is 0 Å². The second kappa shape index (κ2) is 5.22. The minimum absolute atomic E-state index is 0.229. The fraction of sp³-hybridized carbons (Fsp3) is 0.400. The van der Waals surface area contributed by atoms with Crippen molar-refractivity contribution in [3.8, 4) is 17.0 Å². The molecule has 0 amide bonds. The highest BCUT2D eigenvalue weighted by atomic mass is 79.9. The number of aryl methyl sites for hydroxylation is 1. The van der Waals surface area contributed by atoms with Gasteiger partial charge in [0.1, 0.15) is 11.6 Å². The van der Waals surface area contributed by atoms with Crippen molar-refractivity contribution in [1.82, 2.24) is 9.55 Å². The molecule has 2 N–H and O–H groups in total. The SMILES string of the molecule is COc1ccc(Br)cc1-c1nc(C)n2c1CCC(N)C2. The van der Waals surface area contributed by atoms with E-state index < -0.39 is 0 Å². The Morgan fingerprint density at radius 2 is 2.25 bits per heavy atom. The van der Waals surface area contributed by atoms with Gasteiger partial charge in [-0.3, -0.25) is 0 Å². The van der Waals surface area contributed by atoms with Crippen LogP contribution in [0.3, 0.4) is 0 Å². The number of benzene rings is 1. The summed E-state index contributed by atoms with van der Waals surface area (Å²) < 4.78 is 8.75. The third-order valence-corrected chi connectivity index (χ3v) is 4.34. The van der Waals surface area contributed by atoms with E-state index in [0.717, 1.165) is 46.7 Å². The molecule has 1 aliphatic heterocycles. The lowest BCUT2D eigenvalue weighted by molar-refractivity contribution is 0.416. The molecule has 0 spiro atoms. The molecule has 0 fully saturated rings. The number of imidazole rings is 1. The molecule has 20 heavy (non-hydrogen) atoms. The van der Waals surface area contributed by atoms with Crippen LogP contribution in [0.15, 0.2) is 22.7 Å². The second-order valence-electron chi connectivity index (χ2n) is 5.21. The fourth-order valence-electron chi connectivity index (χ4n) is 2.83.